The maximum atomic E-state index is 14.1. The molecule has 3 heterocycles. The molecule has 1 aliphatic rings. The second-order valence-corrected chi connectivity index (χ2v) is 6.86. The Balaban J connectivity index is 1.70. The Morgan fingerprint density at radius 3 is 2.81 bits per heavy atom. The van der Waals surface area contributed by atoms with E-state index in [1.807, 2.05) is 12.1 Å². The first-order chi connectivity index (χ1) is 13.0. The third kappa shape index (κ3) is 3.37. The number of benzene rings is 1. The number of hydrogen-bond donors (Lipinski definition) is 0. The van der Waals surface area contributed by atoms with Gasteiger partial charge in [0.05, 0.1) is 11.8 Å². The van der Waals surface area contributed by atoms with Gasteiger partial charge in [-0.25, -0.2) is 9.36 Å². The largest absolute Gasteiger partial charge is 0.419 e. The number of rotatable bonds is 4. The summed E-state index contributed by atoms with van der Waals surface area (Å²) in [5.41, 5.74) is -1.07. The van der Waals surface area contributed by atoms with Crippen molar-refractivity contribution in [3.63, 3.8) is 0 Å². The highest BCUT2D eigenvalue weighted by Gasteiger charge is 2.23. The predicted molar refractivity (Wildman–Crippen MR) is 95.7 cm³/mol. The number of nitrogens with zero attached hydrogens (tertiary/aromatic N) is 4. The van der Waals surface area contributed by atoms with Gasteiger partial charge in [-0.15, -0.1) is 10.2 Å². The first-order valence-electron chi connectivity index (χ1n) is 8.25. The number of aromatic nitrogens is 4. The molecule has 27 heavy (non-hydrogen) atoms. The van der Waals surface area contributed by atoms with E-state index in [1.165, 1.54) is 0 Å². The minimum atomic E-state index is -1.05. The van der Waals surface area contributed by atoms with Crippen molar-refractivity contribution >= 4 is 15.9 Å². The van der Waals surface area contributed by atoms with Gasteiger partial charge >= 0.3 is 5.69 Å². The normalized spacial score (nSPS) is 16.7. The third-order valence-electron chi connectivity index (χ3n) is 4.23. The molecule has 0 aliphatic carbocycles. The van der Waals surface area contributed by atoms with Gasteiger partial charge in [-0.2, -0.15) is 4.39 Å². The SMILES string of the molecule is O=c1c(F)cn([C@H]2CCCO2)c(=O)n1Cc1nnc(-c2ccccc2Br)o1. The van der Waals surface area contributed by atoms with Gasteiger partial charge in [0.2, 0.25) is 17.6 Å². The minimum Gasteiger partial charge on any atom is -0.419 e. The first kappa shape index (κ1) is 17.8. The number of halogens is 2. The Morgan fingerprint density at radius 1 is 1.26 bits per heavy atom. The van der Waals surface area contributed by atoms with Crippen LogP contribution in [0.15, 0.2) is 48.9 Å². The summed E-state index contributed by atoms with van der Waals surface area (Å²) < 4.78 is 27.6. The molecule has 2 aromatic heterocycles. The van der Waals surface area contributed by atoms with Crippen LogP contribution in [0.2, 0.25) is 0 Å². The van der Waals surface area contributed by atoms with Crippen LogP contribution in [-0.2, 0) is 11.3 Å². The van der Waals surface area contributed by atoms with Crippen molar-refractivity contribution in [3.05, 3.63) is 67.5 Å². The summed E-state index contributed by atoms with van der Waals surface area (Å²) in [6, 6.07) is 7.24. The van der Waals surface area contributed by atoms with Gasteiger partial charge in [0.15, 0.2) is 0 Å². The van der Waals surface area contributed by atoms with E-state index in [0.29, 0.717) is 18.6 Å². The van der Waals surface area contributed by atoms with Gasteiger partial charge in [-0.05, 0) is 40.9 Å². The summed E-state index contributed by atoms with van der Waals surface area (Å²) in [7, 11) is 0. The maximum absolute atomic E-state index is 14.1. The lowest BCUT2D eigenvalue weighted by Crippen LogP contribution is -2.42. The summed E-state index contributed by atoms with van der Waals surface area (Å²) in [6.45, 7) is 0.149. The fourth-order valence-electron chi connectivity index (χ4n) is 2.91. The van der Waals surface area contributed by atoms with Crippen molar-refractivity contribution in [2.45, 2.75) is 25.6 Å². The molecular formula is C17H14BrFN4O4. The van der Waals surface area contributed by atoms with Crippen LogP contribution < -0.4 is 11.2 Å². The van der Waals surface area contributed by atoms with Crippen LogP contribution >= 0.6 is 15.9 Å². The predicted octanol–water partition coefficient (Wildman–Crippen LogP) is 2.32. The zero-order valence-electron chi connectivity index (χ0n) is 14.0. The van der Waals surface area contributed by atoms with Gasteiger partial charge in [0.1, 0.15) is 12.8 Å². The maximum Gasteiger partial charge on any atom is 0.333 e. The highest BCUT2D eigenvalue weighted by atomic mass is 79.9. The van der Waals surface area contributed by atoms with Crippen molar-refractivity contribution < 1.29 is 13.5 Å². The van der Waals surface area contributed by atoms with E-state index >= 15 is 0 Å². The van der Waals surface area contributed by atoms with Crippen LogP contribution in [0.5, 0.6) is 0 Å². The van der Waals surface area contributed by atoms with Crippen LogP contribution in [0, 0.1) is 5.82 Å². The quantitative estimate of drug-likeness (QED) is 0.622. The molecular weight excluding hydrogens is 423 g/mol. The average molecular weight is 437 g/mol. The monoisotopic (exact) mass is 436 g/mol. The molecule has 1 aromatic carbocycles. The Morgan fingerprint density at radius 2 is 2.07 bits per heavy atom. The molecule has 0 saturated carbocycles. The Kier molecular flexibility index (Phi) is 4.75. The van der Waals surface area contributed by atoms with Crippen molar-refractivity contribution in [1.82, 2.24) is 19.3 Å². The van der Waals surface area contributed by atoms with E-state index in [-0.39, 0.29) is 18.3 Å². The molecule has 1 saturated heterocycles. The molecule has 0 N–H and O–H groups in total. The molecule has 0 amide bonds. The fraction of sp³-hybridized carbons (Fsp3) is 0.294. The summed E-state index contributed by atoms with van der Waals surface area (Å²) in [6.07, 6.45) is 1.64. The molecule has 8 nitrogen and oxygen atoms in total. The Hall–Kier alpha value is -2.59. The van der Waals surface area contributed by atoms with Gasteiger partial charge in [0.25, 0.3) is 5.56 Å². The molecule has 3 aromatic rings. The number of ether oxygens (including phenoxy) is 1. The highest BCUT2D eigenvalue weighted by Crippen LogP contribution is 2.26. The molecule has 0 radical (unpaired) electrons. The summed E-state index contributed by atoms with van der Waals surface area (Å²) in [4.78, 5) is 24.8. The van der Waals surface area contributed by atoms with Crippen molar-refractivity contribution in [2.75, 3.05) is 6.61 Å². The van der Waals surface area contributed by atoms with E-state index in [0.717, 1.165) is 26.2 Å². The fourth-order valence-corrected chi connectivity index (χ4v) is 3.36. The molecule has 1 atom stereocenters. The average Bonchev–Trinajstić information content (AvgIpc) is 3.34. The second-order valence-electron chi connectivity index (χ2n) is 6.01. The molecule has 140 valence electrons. The van der Waals surface area contributed by atoms with E-state index in [1.54, 1.807) is 12.1 Å². The number of hydrogen-bond acceptors (Lipinski definition) is 6. The summed E-state index contributed by atoms with van der Waals surface area (Å²) >= 11 is 3.39. The molecule has 1 fully saturated rings. The highest BCUT2D eigenvalue weighted by molar-refractivity contribution is 9.10. The lowest BCUT2D eigenvalue weighted by molar-refractivity contribution is 0.0503. The van der Waals surface area contributed by atoms with Crippen LogP contribution in [0.25, 0.3) is 11.5 Å². The Bertz CT molecular complexity index is 1100. The molecule has 10 heteroatoms. The van der Waals surface area contributed by atoms with Gasteiger partial charge < -0.3 is 9.15 Å². The topological polar surface area (TPSA) is 92.2 Å². The van der Waals surface area contributed by atoms with E-state index in [2.05, 4.69) is 26.1 Å². The van der Waals surface area contributed by atoms with E-state index in [9.17, 15) is 14.0 Å². The van der Waals surface area contributed by atoms with Crippen molar-refractivity contribution in [1.29, 1.82) is 0 Å². The van der Waals surface area contributed by atoms with Gasteiger partial charge in [0, 0.05) is 11.1 Å². The minimum absolute atomic E-state index is 0.0180. The Labute approximate surface area is 160 Å². The molecule has 0 unspecified atom stereocenters. The second kappa shape index (κ2) is 7.20. The van der Waals surface area contributed by atoms with Crippen molar-refractivity contribution in [3.8, 4) is 11.5 Å². The van der Waals surface area contributed by atoms with Crippen LogP contribution in [0.4, 0.5) is 4.39 Å². The lowest BCUT2D eigenvalue weighted by Gasteiger charge is -2.14. The first-order valence-corrected chi connectivity index (χ1v) is 9.04. The van der Waals surface area contributed by atoms with Gasteiger partial charge in [-0.1, -0.05) is 12.1 Å². The lowest BCUT2D eigenvalue weighted by atomic mass is 10.2. The van der Waals surface area contributed by atoms with Crippen LogP contribution in [-0.4, -0.2) is 25.9 Å². The smallest absolute Gasteiger partial charge is 0.333 e. The third-order valence-corrected chi connectivity index (χ3v) is 4.93. The summed E-state index contributed by atoms with van der Waals surface area (Å²) in [5, 5.41) is 7.80. The summed E-state index contributed by atoms with van der Waals surface area (Å²) in [5.74, 6) is -0.804. The zero-order valence-corrected chi connectivity index (χ0v) is 15.6. The molecule has 0 spiro atoms. The molecule has 4 rings (SSSR count). The van der Waals surface area contributed by atoms with Crippen LogP contribution in [0.3, 0.4) is 0 Å². The van der Waals surface area contributed by atoms with Gasteiger partial charge in [-0.3, -0.25) is 9.36 Å². The molecule has 0 bridgehead atoms. The van der Waals surface area contributed by atoms with E-state index < -0.39 is 23.3 Å². The molecule has 1 aliphatic heterocycles. The zero-order chi connectivity index (χ0) is 19.0. The standard InChI is InChI=1S/C17H14BrFN4O4/c18-11-5-2-1-4-10(11)15-21-20-13(27-15)9-23-16(24)12(19)8-22(17(23)25)14-6-3-7-26-14/h1-2,4-5,8,14H,3,6-7,9H2/t14-/m1/s1. The van der Waals surface area contributed by atoms with Crippen LogP contribution in [0.1, 0.15) is 25.0 Å². The van der Waals surface area contributed by atoms with Crippen molar-refractivity contribution in [2.24, 2.45) is 0 Å². The van der Waals surface area contributed by atoms with E-state index in [4.69, 9.17) is 9.15 Å².